The number of hydrogen-bond acceptors (Lipinski definition) is 5. The standard InChI is InChI=1S/C28H27N3O3S/c1-18-10-12-19(13-11-18)26-23(30-27(35-26)20-8-6-5-7-9-20)17-25(32)29-22-16-21(28(33)31(2)3)14-15-24(22)34-4/h5-16H,17H2,1-4H3,(H,29,32). The van der Waals surface area contributed by atoms with Gasteiger partial charge in [-0.25, -0.2) is 4.98 Å². The number of aromatic nitrogens is 1. The van der Waals surface area contributed by atoms with E-state index < -0.39 is 0 Å². The van der Waals surface area contributed by atoms with Gasteiger partial charge in [0.1, 0.15) is 10.8 Å². The molecule has 0 atom stereocenters. The molecule has 3 aromatic carbocycles. The summed E-state index contributed by atoms with van der Waals surface area (Å²) in [6.45, 7) is 2.04. The van der Waals surface area contributed by atoms with Crippen LogP contribution >= 0.6 is 11.3 Å². The van der Waals surface area contributed by atoms with E-state index in [1.54, 1.807) is 43.6 Å². The third-order valence-electron chi connectivity index (χ3n) is 5.49. The molecule has 0 fully saturated rings. The van der Waals surface area contributed by atoms with Crippen molar-refractivity contribution in [2.24, 2.45) is 0 Å². The minimum Gasteiger partial charge on any atom is -0.495 e. The lowest BCUT2D eigenvalue weighted by Gasteiger charge is -2.14. The molecule has 0 spiro atoms. The molecular weight excluding hydrogens is 458 g/mol. The van der Waals surface area contributed by atoms with Crippen LogP contribution < -0.4 is 10.1 Å². The number of benzene rings is 3. The largest absolute Gasteiger partial charge is 0.495 e. The van der Waals surface area contributed by atoms with Crippen molar-refractivity contribution in [2.45, 2.75) is 13.3 Å². The number of carbonyl (C=O) groups excluding carboxylic acids is 2. The molecule has 6 nitrogen and oxygen atoms in total. The van der Waals surface area contributed by atoms with Crippen LogP contribution in [0, 0.1) is 6.92 Å². The third-order valence-corrected chi connectivity index (χ3v) is 6.68. The molecule has 35 heavy (non-hydrogen) atoms. The highest BCUT2D eigenvalue weighted by Crippen LogP contribution is 2.36. The van der Waals surface area contributed by atoms with Gasteiger partial charge in [-0.1, -0.05) is 60.2 Å². The molecule has 0 aliphatic carbocycles. The van der Waals surface area contributed by atoms with Gasteiger partial charge in [0.15, 0.2) is 0 Å². The van der Waals surface area contributed by atoms with Crippen molar-refractivity contribution in [3.8, 4) is 26.8 Å². The first-order valence-electron chi connectivity index (χ1n) is 11.2. The van der Waals surface area contributed by atoms with E-state index in [-0.39, 0.29) is 18.2 Å². The van der Waals surface area contributed by atoms with Gasteiger partial charge in [-0.15, -0.1) is 11.3 Å². The van der Waals surface area contributed by atoms with Crippen LogP contribution in [0.2, 0.25) is 0 Å². The van der Waals surface area contributed by atoms with Crippen LogP contribution in [0.25, 0.3) is 21.0 Å². The van der Waals surface area contributed by atoms with Crippen LogP contribution in [0.5, 0.6) is 5.75 Å². The quantitative estimate of drug-likeness (QED) is 0.366. The number of rotatable bonds is 7. The summed E-state index contributed by atoms with van der Waals surface area (Å²) in [5.74, 6) is 0.0866. The van der Waals surface area contributed by atoms with Crippen LogP contribution in [0.1, 0.15) is 21.6 Å². The van der Waals surface area contributed by atoms with E-state index in [1.807, 2.05) is 37.3 Å². The zero-order valence-electron chi connectivity index (χ0n) is 20.2. The SMILES string of the molecule is COc1ccc(C(=O)N(C)C)cc1NC(=O)Cc1nc(-c2ccccc2)sc1-c1ccc(C)cc1. The number of amides is 2. The normalized spacial score (nSPS) is 10.6. The Kier molecular flexibility index (Phi) is 7.27. The highest BCUT2D eigenvalue weighted by Gasteiger charge is 2.19. The van der Waals surface area contributed by atoms with Crippen molar-refractivity contribution in [2.75, 3.05) is 26.5 Å². The molecule has 4 aromatic rings. The van der Waals surface area contributed by atoms with Crippen molar-refractivity contribution in [1.29, 1.82) is 0 Å². The fraction of sp³-hybridized carbons (Fsp3) is 0.179. The topological polar surface area (TPSA) is 71.5 Å². The van der Waals surface area contributed by atoms with Gasteiger partial charge in [0.25, 0.3) is 5.91 Å². The Labute approximate surface area is 209 Å². The zero-order chi connectivity index (χ0) is 24.9. The molecule has 0 bridgehead atoms. The van der Waals surface area contributed by atoms with Gasteiger partial charge in [-0.05, 0) is 30.7 Å². The molecule has 1 N–H and O–H groups in total. The number of hydrogen-bond donors (Lipinski definition) is 1. The number of nitrogens with one attached hydrogen (secondary N) is 1. The van der Waals surface area contributed by atoms with E-state index in [1.165, 1.54) is 17.6 Å². The maximum Gasteiger partial charge on any atom is 0.253 e. The van der Waals surface area contributed by atoms with Crippen LogP contribution in [-0.2, 0) is 11.2 Å². The molecule has 0 saturated heterocycles. The molecule has 2 amide bonds. The Hall–Kier alpha value is -3.97. The first-order chi connectivity index (χ1) is 16.9. The fourth-order valence-electron chi connectivity index (χ4n) is 3.65. The number of ether oxygens (including phenoxy) is 1. The maximum absolute atomic E-state index is 13.2. The fourth-order valence-corrected chi connectivity index (χ4v) is 4.74. The van der Waals surface area contributed by atoms with E-state index in [2.05, 4.69) is 29.6 Å². The highest BCUT2D eigenvalue weighted by atomic mass is 32.1. The minimum absolute atomic E-state index is 0.0849. The first kappa shape index (κ1) is 24.2. The monoisotopic (exact) mass is 485 g/mol. The lowest BCUT2D eigenvalue weighted by Crippen LogP contribution is -2.22. The van der Waals surface area contributed by atoms with Gasteiger partial charge in [0.2, 0.25) is 5.91 Å². The van der Waals surface area contributed by atoms with E-state index in [9.17, 15) is 9.59 Å². The van der Waals surface area contributed by atoms with Crippen LogP contribution in [0.15, 0.2) is 72.8 Å². The second kappa shape index (κ2) is 10.5. The second-order valence-electron chi connectivity index (χ2n) is 8.37. The van der Waals surface area contributed by atoms with E-state index >= 15 is 0 Å². The van der Waals surface area contributed by atoms with Crippen molar-refractivity contribution in [3.63, 3.8) is 0 Å². The summed E-state index contributed by atoms with van der Waals surface area (Å²) in [6.07, 6.45) is 0.0849. The number of methoxy groups -OCH3 is 1. The Morgan fingerprint density at radius 3 is 2.34 bits per heavy atom. The summed E-state index contributed by atoms with van der Waals surface area (Å²) >= 11 is 1.57. The van der Waals surface area contributed by atoms with Crippen molar-refractivity contribution >= 4 is 28.8 Å². The summed E-state index contributed by atoms with van der Waals surface area (Å²) in [5, 5.41) is 3.77. The summed E-state index contributed by atoms with van der Waals surface area (Å²) in [7, 11) is 4.90. The Morgan fingerprint density at radius 1 is 0.971 bits per heavy atom. The molecule has 4 rings (SSSR count). The lowest BCUT2D eigenvalue weighted by atomic mass is 10.1. The van der Waals surface area contributed by atoms with Crippen molar-refractivity contribution < 1.29 is 14.3 Å². The molecule has 1 aromatic heterocycles. The molecule has 7 heteroatoms. The average molecular weight is 486 g/mol. The van der Waals surface area contributed by atoms with E-state index in [0.717, 1.165) is 21.0 Å². The molecule has 0 unspecified atom stereocenters. The number of anilines is 1. The van der Waals surface area contributed by atoms with Crippen molar-refractivity contribution in [1.82, 2.24) is 9.88 Å². The smallest absolute Gasteiger partial charge is 0.253 e. The Bertz CT molecular complexity index is 1350. The van der Waals surface area contributed by atoms with Gasteiger partial charge in [0, 0.05) is 25.2 Å². The summed E-state index contributed by atoms with van der Waals surface area (Å²) in [4.78, 5) is 32.8. The number of carbonyl (C=O) groups is 2. The van der Waals surface area contributed by atoms with Gasteiger partial charge >= 0.3 is 0 Å². The highest BCUT2D eigenvalue weighted by molar-refractivity contribution is 7.18. The molecule has 1 heterocycles. The zero-order valence-corrected chi connectivity index (χ0v) is 21.0. The minimum atomic E-state index is -0.240. The molecule has 0 aliphatic heterocycles. The van der Waals surface area contributed by atoms with Crippen LogP contribution in [-0.4, -0.2) is 42.9 Å². The van der Waals surface area contributed by atoms with Crippen molar-refractivity contribution in [3.05, 3.63) is 89.6 Å². The molecule has 178 valence electrons. The van der Waals surface area contributed by atoms with Gasteiger partial charge in [0.05, 0.1) is 29.8 Å². The van der Waals surface area contributed by atoms with Crippen LogP contribution in [0.4, 0.5) is 5.69 Å². The van der Waals surface area contributed by atoms with Gasteiger partial charge < -0.3 is 15.0 Å². The summed E-state index contributed by atoms with van der Waals surface area (Å²) < 4.78 is 5.40. The summed E-state index contributed by atoms with van der Waals surface area (Å²) in [6, 6.07) is 23.2. The molecule has 0 aliphatic rings. The number of aryl methyl sites for hydroxylation is 1. The third kappa shape index (κ3) is 5.58. The predicted octanol–water partition coefficient (Wildman–Crippen LogP) is 5.68. The Morgan fingerprint density at radius 2 is 1.69 bits per heavy atom. The number of thiazole rings is 1. The molecular formula is C28H27N3O3S. The van der Waals surface area contributed by atoms with Gasteiger partial charge in [-0.2, -0.15) is 0 Å². The lowest BCUT2D eigenvalue weighted by molar-refractivity contribution is -0.115. The average Bonchev–Trinajstić information content (AvgIpc) is 3.28. The first-order valence-corrected chi connectivity index (χ1v) is 12.0. The second-order valence-corrected chi connectivity index (χ2v) is 9.37. The Balaban J connectivity index is 1.65. The van der Waals surface area contributed by atoms with Gasteiger partial charge in [-0.3, -0.25) is 9.59 Å². The molecule has 0 saturated carbocycles. The van der Waals surface area contributed by atoms with Crippen LogP contribution in [0.3, 0.4) is 0 Å². The maximum atomic E-state index is 13.2. The number of nitrogens with zero attached hydrogens (tertiary/aromatic N) is 2. The summed E-state index contributed by atoms with van der Waals surface area (Å²) in [5.41, 5.74) is 4.81. The van der Waals surface area contributed by atoms with E-state index in [0.29, 0.717) is 22.7 Å². The van der Waals surface area contributed by atoms with E-state index in [4.69, 9.17) is 9.72 Å². The predicted molar refractivity (Wildman–Crippen MR) is 141 cm³/mol. The molecule has 0 radical (unpaired) electrons.